The molecule has 1 heterocycles. The van der Waals surface area contributed by atoms with Crippen LogP contribution in [0.1, 0.15) is 5.82 Å². The molecule has 0 radical (unpaired) electrons. The number of halogens is 1. The van der Waals surface area contributed by atoms with Crippen molar-refractivity contribution in [3.8, 4) is 11.8 Å². The molecule has 7 nitrogen and oxygen atoms in total. The van der Waals surface area contributed by atoms with Crippen molar-refractivity contribution in [2.75, 3.05) is 17.2 Å². The average Bonchev–Trinajstić information content (AvgIpc) is 3.10. The van der Waals surface area contributed by atoms with Crippen LogP contribution >= 0.6 is 23.4 Å². The van der Waals surface area contributed by atoms with Crippen molar-refractivity contribution >= 4 is 35.0 Å². The fourth-order valence-electron chi connectivity index (χ4n) is 2.48. The highest BCUT2D eigenvalue weighted by molar-refractivity contribution is 7.99. The fourth-order valence-corrected chi connectivity index (χ4v) is 3.41. The molecule has 1 aromatic heterocycles. The van der Waals surface area contributed by atoms with Crippen LogP contribution < -0.4 is 9.64 Å². The zero-order valence-corrected chi connectivity index (χ0v) is 17.2. The molecule has 9 heteroatoms. The van der Waals surface area contributed by atoms with Gasteiger partial charge in [-0.05, 0) is 36.4 Å². The Morgan fingerprint density at radius 2 is 1.93 bits per heavy atom. The van der Waals surface area contributed by atoms with Gasteiger partial charge in [0.25, 0.3) is 0 Å². The van der Waals surface area contributed by atoms with Crippen molar-refractivity contribution in [1.82, 2.24) is 14.8 Å². The first-order valence-electron chi connectivity index (χ1n) is 8.70. The van der Waals surface area contributed by atoms with Gasteiger partial charge in [-0.3, -0.25) is 9.69 Å². The summed E-state index contributed by atoms with van der Waals surface area (Å²) in [7, 11) is 1.82. The standard InChI is InChI=1S/C20H18ClN5O2S/c1-25-18(13-28-17-9-7-15(21)8-10-17)23-24-20(25)29-14-19(27)26(12-11-22)16-5-3-2-4-6-16/h2-10H,12-14H2,1H3. The van der Waals surface area contributed by atoms with Crippen molar-refractivity contribution in [3.05, 3.63) is 65.4 Å². The number of carbonyl (C=O) groups excluding carboxylic acids is 1. The minimum Gasteiger partial charge on any atom is -0.486 e. The van der Waals surface area contributed by atoms with Gasteiger partial charge in [-0.1, -0.05) is 41.6 Å². The number of nitrogens with zero attached hydrogens (tertiary/aromatic N) is 5. The summed E-state index contributed by atoms with van der Waals surface area (Å²) in [5.74, 6) is 1.27. The summed E-state index contributed by atoms with van der Waals surface area (Å²) < 4.78 is 7.48. The normalized spacial score (nSPS) is 10.4. The van der Waals surface area contributed by atoms with E-state index in [2.05, 4.69) is 10.2 Å². The highest BCUT2D eigenvalue weighted by Crippen LogP contribution is 2.21. The second-order valence-corrected chi connectivity index (χ2v) is 7.34. The summed E-state index contributed by atoms with van der Waals surface area (Å²) in [5, 5.41) is 18.5. The number of nitriles is 1. The summed E-state index contributed by atoms with van der Waals surface area (Å²) in [5.41, 5.74) is 0.690. The Morgan fingerprint density at radius 1 is 1.21 bits per heavy atom. The molecule has 0 saturated carbocycles. The molecule has 0 aliphatic heterocycles. The van der Waals surface area contributed by atoms with Gasteiger partial charge in [0.05, 0.1) is 11.8 Å². The number of ether oxygens (including phenoxy) is 1. The number of aromatic nitrogens is 3. The first-order valence-corrected chi connectivity index (χ1v) is 10.1. The summed E-state index contributed by atoms with van der Waals surface area (Å²) in [6.07, 6.45) is 0. The van der Waals surface area contributed by atoms with E-state index in [1.807, 2.05) is 31.3 Å². The number of hydrogen-bond donors (Lipinski definition) is 0. The molecular formula is C20H18ClN5O2S. The van der Waals surface area contributed by atoms with Gasteiger partial charge in [-0.25, -0.2) is 0 Å². The van der Waals surface area contributed by atoms with E-state index in [-0.39, 0.29) is 24.8 Å². The maximum absolute atomic E-state index is 12.6. The first-order chi connectivity index (χ1) is 14.1. The molecule has 0 N–H and O–H groups in total. The van der Waals surface area contributed by atoms with E-state index in [0.29, 0.717) is 27.4 Å². The molecule has 0 aliphatic carbocycles. The van der Waals surface area contributed by atoms with E-state index >= 15 is 0 Å². The van der Waals surface area contributed by atoms with Gasteiger partial charge in [0, 0.05) is 17.8 Å². The highest BCUT2D eigenvalue weighted by Gasteiger charge is 2.18. The van der Waals surface area contributed by atoms with Gasteiger partial charge >= 0.3 is 0 Å². The van der Waals surface area contributed by atoms with Crippen LogP contribution in [0.5, 0.6) is 5.75 Å². The van der Waals surface area contributed by atoms with E-state index in [4.69, 9.17) is 21.6 Å². The third kappa shape index (κ3) is 5.50. The molecule has 2 aromatic carbocycles. The van der Waals surface area contributed by atoms with Gasteiger partial charge in [-0.2, -0.15) is 5.26 Å². The topological polar surface area (TPSA) is 84.0 Å². The van der Waals surface area contributed by atoms with E-state index in [9.17, 15) is 4.79 Å². The molecule has 0 atom stereocenters. The molecule has 3 rings (SSSR count). The lowest BCUT2D eigenvalue weighted by Gasteiger charge is -2.19. The summed E-state index contributed by atoms with van der Waals surface area (Å²) in [6, 6.07) is 18.2. The maximum atomic E-state index is 12.6. The Hall–Kier alpha value is -3.02. The highest BCUT2D eigenvalue weighted by atomic mass is 35.5. The van der Waals surface area contributed by atoms with Crippen LogP contribution in [0, 0.1) is 11.3 Å². The number of para-hydroxylation sites is 1. The predicted octanol–water partition coefficient (Wildman–Crippen LogP) is 3.70. The largest absolute Gasteiger partial charge is 0.486 e. The molecular weight excluding hydrogens is 410 g/mol. The quantitative estimate of drug-likeness (QED) is 0.402. The van der Waals surface area contributed by atoms with E-state index in [1.165, 1.54) is 16.7 Å². The number of benzene rings is 2. The molecule has 0 spiro atoms. The summed E-state index contributed by atoms with van der Waals surface area (Å²) >= 11 is 7.13. The molecule has 0 fully saturated rings. The van der Waals surface area contributed by atoms with Crippen LogP contribution in [0.2, 0.25) is 5.02 Å². The summed E-state index contributed by atoms with van der Waals surface area (Å²) in [4.78, 5) is 14.1. The van der Waals surface area contributed by atoms with Crippen LogP contribution in [0.15, 0.2) is 59.8 Å². The first kappa shape index (κ1) is 20.7. The van der Waals surface area contributed by atoms with E-state index in [1.54, 1.807) is 41.0 Å². The van der Waals surface area contributed by atoms with E-state index < -0.39 is 0 Å². The Morgan fingerprint density at radius 3 is 2.62 bits per heavy atom. The lowest BCUT2D eigenvalue weighted by molar-refractivity contribution is -0.116. The fraction of sp³-hybridized carbons (Fsp3) is 0.200. The Kier molecular flexibility index (Phi) is 7.11. The number of hydrogen-bond acceptors (Lipinski definition) is 6. The molecule has 0 aliphatic rings. The molecule has 1 amide bonds. The number of thioether (sulfide) groups is 1. The molecule has 148 valence electrons. The van der Waals surface area contributed by atoms with Crippen molar-refractivity contribution in [2.24, 2.45) is 7.05 Å². The van der Waals surface area contributed by atoms with Crippen molar-refractivity contribution < 1.29 is 9.53 Å². The van der Waals surface area contributed by atoms with Gasteiger partial charge in [0.1, 0.15) is 18.9 Å². The zero-order valence-electron chi connectivity index (χ0n) is 15.7. The summed E-state index contributed by atoms with van der Waals surface area (Å²) in [6.45, 7) is 0.229. The van der Waals surface area contributed by atoms with E-state index in [0.717, 1.165) is 0 Å². The van der Waals surface area contributed by atoms with Gasteiger partial charge in [0.2, 0.25) is 5.91 Å². The molecule has 0 unspecified atom stereocenters. The zero-order chi connectivity index (χ0) is 20.6. The van der Waals surface area contributed by atoms with Crippen molar-refractivity contribution in [2.45, 2.75) is 11.8 Å². The van der Waals surface area contributed by atoms with Gasteiger partial charge in [0.15, 0.2) is 11.0 Å². The van der Waals surface area contributed by atoms with Gasteiger partial charge in [-0.15, -0.1) is 10.2 Å². The number of carbonyl (C=O) groups is 1. The van der Waals surface area contributed by atoms with Crippen LogP contribution in [0.25, 0.3) is 0 Å². The predicted molar refractivity (Wildman–Crippen MR) is 112 cm³/mol. The molecule has 0 bridgehead atoms. The number of anilines is 1. The van der Waals surface area contributed by atoms with Crippen LogP contribution in [0.4, 0.5) is 5.69 Å². The van der Waals surface area contributed by atoms with Crippen molar-refractivity contribution in [3.63, 3.8) is 0 Å². The number of amides is 1. The average molecular weight is 428 g/mol. The minimum absolute atomic E-state index is 0.0115. The maximum Gasteiger partial charge on any atom is 0.238 e. The second kappa shape index (κ2) is 9.96. The smallest absolute Gasteiger partial charge is 0.238 e. The Balaban J connectivity index is 1.59. The molecule has 0 saturated heterocycles. The lowest BCUT2D eigenvalue weighted by Crippen LogP contribution is -2.32. The monoisotopic (exact) mass is 427 g/mol. The minimum atomic E-state index is -0.176. The third-order valence-electron chi connectivity index (χ3n) is 4.03. The third-order valence-corrected chi connectivity index (χ3v) is 5.29. The van der Waals surface area contributed by atoms with Crippen LogP contribution in [-0.4, -0.2) is 33.0 Å². The Labute approximate surface area is 177 Å². The number of rotatable bonds is 8. The lowest BCUT2D eigenvalue weighted by atomic mass is 10.3. The second-order valence-electron chi connectivity index (χ2n) is 5.96. The van der Waals surface area contributed by atoms with Crippen molar-refractivity contribution in [1.29, 1.82) is 5.26 Å². The molecule has 3 aromatic rings. The Bertz CT molecular complexity index is 1000. The van der Waals surface area contributed by atoms with Gasteiger partial charge < -0.3 is 9.30 Å². The van der Waals surface area contributed by atoms with Crippen LogP contribution in [0.3, 0.4) is 0 Å². The molecule has 29 heavy (non-hydrogen) atoms. The van der Waals surface area contributed by atoms with Crippen LogP contribution in [-0.2, 0) is 18.4 Å². The SMILES string of the molecule is Cn1c(COc2ccc(Cl)cc2)nnc1SCC(=O)N(CC#N)c1ccccc1.